The third-order valence-electron chi connectivity index (χ3n) is 4.35. The number of amides is 1. The van der Waals surface area contributed by atoms with E-state index in [1.165, 1.54) is 0 Å². The Balaban J connectivity index is 0.00000220. The molecule has 2 N–H and O–H groups in total. The van der Waals surface area contributed by atoms with Crippen molar-refractivity contribution >= 4 is 18.3 Å². The first-order valence-corrected chi connectivity index (χ1v) is 7.12. The quantitative estimate of drug-likeness (QED) is 0.929. The van der Waals surface area contributed by atoms with Gasteiger partial charge in [0, 0.05) is 13.1 Å². The summed E-state index contributed by atoms with van der Waals surface area (Å²) in [6.07, 6.45) is 0.991. The molecular formula is C16H25ClN2O2. The molecule has 1 saturated heterocycles. The molecule has 1 aromatic carbocycles. The number of ether oxygens (including phenoxy) is 1. The van der Waals surface area contributed by atoms with Crippen molar-refractivity contribution in [2.75, 3.05) is 26.7 Å². The molecule has 1 amide bonds. The molecule has 0 aromatic heterocycles. The maximum Gasteiger partial charge on any atom is 0.229 e. The maximum atomic E-state index is 12.6. The number of rotatable bonds is 4. The molecule has 4 nitrogen and oxygen atoms in total. The second-order valence-corrected chi connectivity index (χ2v) is 6.02. The number of nitrogens with zero attached hydrogens (tertiary/aromatic N) is 1. The second-order valence-electron chi connectivity index (χ2n) is 6.02. The van der Waals surface area contributed by atoms with Crippen LogP contribution in [-0.2, 0) is 4.79 Å². The number of hydrogen-bond donors (Lipinski definition) is 1. The average Bonchev–Trinajstić information content (AvgIpc) is 2.89. The minimum Gasteiger partial charge on any atom is -0.497 e. The fourth-order valence-electron chi connectivity index (χ4n) is 2.69. The van der Waals surface area contributed by atoms with Crippen LogP contribution in [0.25, 0.3) is 0 Å². The van der Waals surface area contributed by atoms with E-state index in [-0.39, 0.29) is 29.6 Å². The number of benzene rings is 1. The topological polar surface area (TPSA) is 55.6 Å². The first-order chi connectivity index (χ1) is 9.49. The molecule has 0 radical (unpaired) electrons. The van der Waals surface area contributed by atoms with Crippen LogP contribution in [0.4, 0.5) is 0 Å². The van der Waals surface area contributed by atoms with Gasteiger partial charge in [-0.25, -0.2) is 0 Å². The van der Waals surface area contributed by atoms with Crippen molar-refractivity contribution in [1.82, 2.24) is 4.90 Å². The van der Waals surface area contributed by atoms with Crippen LogP contribution < -0.4 is 10.5 Å². The highest BCUT2D eigenvalue weighted by atomic mass is 35.5. The summed E-state index contributed by atoms with van der Waals surface area (Å²) in [5.74, 6) is 0.874. The summed E-state index contributed by atoms with van der Waals surface area (Å²) >= 11 is 0. The van der Waals surface area contributed by atoms with Gasteiger partial charge in [0.05, 0.1) is 13.0 Å². The van der Waals surface area contributed by atoms with Crippen molar-refractivity contribution in [1.29, 1.82) is 0 Å². The zero-order chi connectivity index (χ0) is 14.8. The van der Waals surface area contributed by atoms with Gasteiger partial charge >= 0.3 is 0 Å². The minimum absolute atomic E-state index is 0. The van der Waals surface area contributed by atoms with Gasteiger partial charge in [-0.15, -0.1) is 12.4 Å². The van der Waals surface area contributed by atoms with E-state index in [2.05, 4.69) is 6.92 Å². The van der Waals surface area contributed by atoms with E-state index in [1.807, 2.05) is 36.1 Å². The molecule has 2 rings (SSSR count). The monoisotopic (exact) mass is 312 g/mol. The van der Waals surface area contributed by atoms with E-state index in [9.17, 15) is 4.79 Å². The summed E-state index contributed by atoms with van der Waals surface area (Å²) in [7, 11) is 1.64. The van der Waals surface area contributed by atoms with Gasteiger partial charge in [0.2, 0.25) is 5.91 Å². The summed E-state index contributed by atoms with van der Waals surface area (Å²) in [6.45, 7) is 6.32. The number of methoxy groups -OCH3 is 1. The maximum absolute atomic E-state index is 12.6. The summed E-state index contributed by atoms with van der Waals surface area (Å²) in [5, 5.41) is 0. The second kappa shape index (κ2) is 7.14. The van der Waals surface area contributed by atoms with Gasteiger partial charge in [-0.3, -0.25) is 4.79 Å². The molecule has 1 aliphatic rings. The molecule has 5 heteroatoms. The van der Waals surface area contributed by atoms with Gasteiger partial charge in [0.1, 0.15) is 5.75 Å². The lowest BCUT2D eigenvalue weighted by Crippen LogP contribution is -2.36. The van der Waals surface area contributed by atoms with Crippen LogP contribution in [0.3, 0.4) is 0 Å². The Labute approximate surface area is 133 Å². The van der Waals surface area contributed by atoms with E-state index in [0.29, 0.717) is 6.54 Å². The molecule has 0 aliphatic carbocycles. The molecule has 1 heterocycles. The van der Waals surface area contributed by atoms with Crippen LogP contribution in [0.2, 0.25) is 0 Å². The van der Waals surface area contributed by atoms with Crippen molar-refractivity contribution in [3.05, 3.63) is 29.8 Å². The van der Waals surface area contributed by atoms with Gasteiger partial charge in [-0.05, 0) is 43.0 Å². The first-order valence-electron chi connectivity index (χ1n) is 7.12. The SMILES string of the molecule is COc1ccc(C(C)C(=O)N2CCC(C)(CN)C2)cc1.Cl. The molecule has 21 heavy (non-hydrogen) atoms. The van der Waals surface area contributed by atoms with Crippen LogP contribution in [0.5, 0.6) is 5.75 Å². The van der Waals surface area contributed by atoms with Gasteiger partial charge < -0.3 is 15.4 Å². The van der Waals surface area contributed by atoms with Crippen LogP contribution in [0.1, 0.15) is 31.7 Å². The Morgan fingerprint density at radius 3 is 2.52 bits per heavy atom. The van der Waals surface area contributed by atoms with Crippen molar-refractivity contribution in [2.45, 2.75) is 26.2 Å². The van der Waals surface area contributed by atoms with Gasteiger partial charge in [-0.1, -0.05) is 19.1 Å². The number of nitrogens with two attached hydrogens (primary N) is 1. The van der Waals surface area contributed by atoms with Crippen molar-refractivity contribution in [3.63, 3.8) is 0 Å². The highest BCUT2D eigenvalue weighted by molar-refractivity contribution is 5.85. The Morgan fingerprint density at radius 2 is 2.05 bits per heavy atom. The van der Waals surface area contributed by atoms with E-state index in [0.717, 1.165) is 30.8 Å². The molecule has 1 aromatic rings. The number of halogens is 1. The highest BCUT2D eigenvalue weighted by Crippen LogP contribution is 2.31. The standard InChI is InChI=1S/C16H24N2O2.ClH/c1-12(13-4-6-14(20-3)7-5-13)15(19)18-9-8-16(2,10-17)11-18;/h4-7,12H,8-11,17H2,1-3H3;1H. The molecule has 0 saturated carbocycles. The number of carbonyl (C=O) groups is 1. The van der Waals surface area contributed by atoms with Crippen LogP contribution in [0.15, 0.2) is 24.3 Å². The minimum atomic E-state index is -0.124. The lowest BCUT2D eigenvalue weighted by Gasteiger charge is -2.25. The van der Waals surface area contributed by atoms with E-state index in [1.54, 1.807) is 7.11 Å². The number of likely N-dealkylation sites (tertiary alicyclic amines) is 1. The molecule has 0 spiro atoms. The molecule has 2 unspecified atom stereocenters. The molecule has 1 fully saturated rings. The fourth-order valence-corrected chi connectivity index (χ4v) is 2.69. The van der Waals surface area contributed by atoms with Crippen molar-refractivity contribution in [2.24, 2.45) is 11.1 Å². The normalized spacial score (nSPS) is 22.6. The average molecular weight is 313 g/mol. The fraction of sp³-hybridized carbons (Fsp3) is 0.562. The Bertz CT molecular complexity index is 478. The third kappa shape index (κ3) is 3.89. The first kappa shape index (κ1) is 17.8. The number of hydrogen-bond acceptors (Lipinski definition) is 3. The Kier molecular flexibility index (Phi) is 6.05. The molecule has 0 bridgehead atoms. The zero-order valence-corrected chi connectivity index (χ0v) is 13.8. The Morgan fingerprint density at radius 1 is 1.43 bits per heavy atom. The number of carbonyl (C=O) groups excluding carboxylic acids is 1. The van der Waals surface area contributed by atoms with Gasteiger partial charge in [-0.2, -0.15) is 0 Å². The van der Waals surface area contributed by atoms with E-state index in [4.69, 9.17) is 10.5 Å². The van der Waals surface area contributed by atoms with E-state index >= 15 is 0 Å². The molecule has 118 valence electrons. The van der Waals surface area contributed by atoms with Crippen molar-refractivity contribution < 1.29 is 9.53 Å². The van der Waals surface area contributed by atoms with Gasteiger partial charge in [0.15, 0.2) is 0 Å². The van der Waals surface area contributed by atoms with Crippen LogP contribution in [-0.4, -0.2) is 37.6 Å². The summed E-state index contributed by atoms with van der Waals surface area (Å²) in [6, 6.07) is 7.71. The predicted octanol–water partition coefficient (Wildman–Crippen LogP) is 2.42. The lowest BCUT2D eigenvalue weighted by atomic mass is 9.90. The highest BCUT2D eigenvalue weighted by Gasteiger charge is 2.36. The Hall–Kier alpha value is -1.26. The largest absolute Gasteiger partial charge is 0.497 e. The summed E-state index contributed by atoms with van der Waals surface area (Å²) in [5.41, 5.74) is 6.90. The molecular weight excluding hydrogens is 288 g/mol. The molecule has 1 aliphatic heterocycles. The lowest BCUT2D eigenvalue weighted by molar-refractivity contribution is -0.131. The smallest absolute Gasteiger partial charge is 0.229 e. The van der Waals surface area contributed by atoms with Crippen LogP contribution in [0, 0.1) is 5.41 Å². The zero-order valence-electron chi connectivity index (χ0n) is 13.0. The molecule has 2 atom stereocenters. The van der Waals surface area contributed by atoms with Crippen molar-refractivity contribution in [3.8, 4) is 5.75 Å². The summed E-state index contributed by atoms with van der Waals surface area (Å²) < 4.78 is 5.14. The van der Waals surface area contributed by atoms with Gasteiger partial charge in [0.25, 0.3) is 0 Å². The van der Waals surface area contributed by atoms with Crippen LogP contribution >= 0.6 is 12.4 Å². The third-order valence-corrected chi connectivity index (χ3v) is 4.35. The summed E-state index contributed by atoms with van der Waals surface area (Å²) in [4.78, 5) is 14.5. The van der Waals surface area contributed by atoms with E-state index < -0.39 is 0 Å². The predicted molar refractivity (Wildman–Crippen MR) is 87.0 cm³/mol.